The average Bonchev–Trinajstić information content (AvgIpc) is 3.02. The maximum absolute atomic E-state index is 10.6. The summed E-state index contributed by atoms with van der Waals surface area (Å²) in [6, 6.07) is 5.91. The van der Waals surface area contributed by atoms with Gasteiger partial charge in [0, 0.05) is 16.6 Å². The molecular weight excluding hydrogens is 685 g/mol. The van der Waals surface area contributed by atoms with Crippen LogP contribution in [0.25, 0.3) is 0 Å². The molecule has 1 aromatic carbocycles. The summed E-state index contributed by atoms with van der Waals surface area (Å²) in [5.74, 6) is 0.558. The topological polar surface area (TPSA) is 145 Å². The molecule has 0 atom stereocenters. The summed E-state index contributed by atoms with van der Waals surface area (Å²) in [5.41, 5.74) is 0.0269. The van der Waals surface area contributed by atoms with Crippen molar-refractivity contribution in [3.8, 4) is 5.75 Å². The van der Waals surface area contributed by atoms with Crippen molar-refractivity contribution in [3.63, 3.8) is 0 Å². The molecule has 14 nitrogen and oxygen atoms in total. The summed E-state index contributed by atoms with van der Waals surface area (Å²) in [7, 11) is 0. The normalized spacial score (nSPS) is 11.3. The van der Waals surface area contributed by atoms with Crippen molar-refractivity contribution in [2.45, 2.75) is 0 Å². The molecule has 0 saturated heterocycles. The Morgan fingerprint density at radius 2 is 0.698 bits per heavy atom. The third-order valence-electron chi connectivity index (χ3n) is 5.11. The van der Waals surface area contributed by atoms with Crippen molar-refractivity contribution >= 4 is 28.3 Å². The molecule has 0 aliphatic carbocycles. The molecule has 0 fully saturated rings. The van der Waals surface area contributed by atoms with E-state index in [1.54, 1.807) is 12.1 Å². The van der Waals surface area contributed by atoms with Crippen LogP contribution in [-0.4, -0.2) is 148 Å². The predicted octanol–water partition coefficient (Wildman–Crippen LogP) is 2.57. The number of halogens is 1. The van der Waals surface area contributed by atoms with Crippen LogP contribution in [0.3, 0.4) is 0 Å². The smallest absolute Gasteiger partial charge is 0.269 e. The van der Waals surface area contributed by atoms with Crippen LogP contribution in [0.4, 0.5) is 5.69 Å². The predicted molar refractivity (Wildman–Crippen MR) is 166 cm³/mol. The molecule has 15 heteroatoms. The standard InChI is InChI=1S/C28H48INO13/c29-5-6-33-7-8-34-9-10-35-11-12-36-13-14-37-15-16-38-17-18-39-19-20-40-21-22-41-23-24-42-25-26-43-28-3-1-27(2-4-28)30(31)32/h1-4H,5-26H2. The Morgan fingerprint density at radius 1 is 0.442 bits per heavy atom. The number of hydrogen-bond acceptors (Lipinski definition) is 13. The molecular formula is C28H48INO13. The highest BCUT2D eigenvalue weighted by Crippen LogP contribution is 2.17. The molecule has 250 valence electrons. The Kier molecular flexibility index (Phi) is 29.7. The van der Waals surface area contributed by atoms with E-state index in [-0.39, 0.29) is 5.69 Å². The second-order valence-electron chi connectivity index (χ2n) is 8.41. The summed E-state index contributed by atoms with van der Waals surface area (Å²) in [4.78, 5) is 10.2. The Balaban J connectivity index is 1.66. The number of nitro benzene ring substituents is 1. The van der Waals surface area contributed by atoms with Crippen LogP contribution < -0.4 is 4.74 Å². The molecule has 0 aromatic heterocycles. The second-order valence-corrected chi connectivity index (χ2v) is 9.49. The van der Waals surface area contributed by atoms with Gasteiger partial charge in [-0.15, -0.1) is 0 Å². The molecule has 0 bridgehead atoms. The van der Waals surface area contributed by atoms with E-state index in [1.807, 2.05) is 0 Å². The largest absolute Gasteiger partial charge is 0.491 e. The first-order chi connectivity index (χ1) is 21.2. The van der Waals surface area contributed by atoms with E-state index in [2.05, 4.69) is 22.6 Å². The van der Waals surface area contributed by atoms with Gasteiger partial charge in [0.15, 0.2) is 0 Å². The molecule has 0 saturated carbocycles. The maximum Gasteiger partial charge on any atom is 0.269 e. The number of nitrogens with zero attached hydrogens (tertiary/aromatic N) is 1. The lowest BCUT2D eigenvalue weighted by Crippen LogP contribution is -2.15. The number of ether oxygens (including phenoxy) is 11. The lowest BCUT2D eigenvalue weighted by atomic mass is 10.3. The maximum atomic E-state index is 10.6. The van der Waals surface area contributed by atoms with E-state index in [0.29, 0.717) is 138 Å². The van der Waals surface area contributed by atoms with E-state index in [1.165, 1.54) is 12.1 Å². The van der Waals surface area contributed by atoms with E-state index in [0.717, 1.165) is 11.0 Å². The summed E-state index contributed by atoms with van der Waals surface area (Å²) in [6.45, 7) is 10.7. The molecule has 1 aromatic rings. The van der Waals surface area contributed by atoms with Gasteiger partial charge in [0.25, 0.3) is 5.69 Å². The number of hydrogen-bond donors (Lipinski definition) is 0. The van der Waals surface area contributed by atoms with Gasteiger partial charge in [0.2, 0.25) is 0 Å². The summed E-state index contributed by atoms with van der Waals surface area (Å²) >= 11 is 2.27. The van der Waals surface area contributed by atoms with Gasteiger partial charge in [-0.2, -0.15) is 0 Å². The van der Waals surface area contributed by atoms with E-state index < -0.39 is 4.92 Å². The van der Waals surface area contributed by atoms with Crippen molar-refractivity contribution in [1.82, 2.24) is 0 Å². The number of non-ortho nitro benzene ring substituents is 1. The fourth-order valence-electron chi connectivity index (χ4n) is 3.02. The van der Waals surface area contributed by atoms with Crippen LogP contribution >= 0.6 is 22.6 Å². The van der Waals surface area contributed by atoms with Gasteiger partial charge in [-0.3, -0.25) is 10.1 Å². The number of nitro groups is 1. The molecule has 1 rings (SSSR count). The summed E-state index contributed by atoms with van der Waals surface area (Å²) in [5, 5.41) is 10.6. The van der Waals surface area contributed by atoms with Crippen LogP contribution in [-0.2, 0) is 47.4 Å². The van der Waals surface area contributed by atoms with Gasteiger partial charge in [0.1, 0.15) is 12.4 Å². The highest BCUT2D eigenvalue weighted by Gasteiger charge is 2.04. The highest BCUT2D eigenvalue weighted by atomic mass is 127. The first-order valence-electron chi connectivity index (χ1n) is 14.4. The molecule has 0 amide bonds. The minimum absolute atomic E-state index is 0.0269. The van der Waals surface area contributed by atoms with E-state index >= 15 is 0 Å². The van der Waals surface area contributed by atoms with Crippen LogP contribution in [0.2, 0.25) is 0 Å². The molecule has 0 unspecified atom stereocenters. The van der Waals surface area contributed by atoms with E-state index in [4.69, 9.17) is 52.1 Å². The highest BCUT2D eigenvalue weighted by molar-refractivity contribution is 14.1. The van der Waals surface area contributed by atoms with Gasteiger partial charge in [-0.25, -0.2) is 0 Å². The fourth-order valence-corrected chi connectivity index (χ4v) is 3.33. The minimum atomic E-state index is -0.451. The molecule has 0 aliphatic heterocycles. The van der Waals surface area contributed by atoms with Crippen molar-refractivity contribution in [2.75, 3.05) is 143 Å². The van der Waals surface area contributed by atoms with Crippen LogP contribution in [0.15, 0.2) is 24.3 Å². The quantitative estimate of drug-likeness (QED) is 0.0337. The zero-order valence-corrected chi connectivity index (χ0v) is 27.2. The third kappa shape index (κ3) is 28.0. The monoisotopic (exact) mass is 733 g/mol. The Hall–Kier alpha value is -1.25. The Bertz CT molecular complexity index is 733. The van der Waals surface area contributed by atoms with Crippen molar-refractivity contribution in [1.29, 1.82) is 0 Å². The molecule has 43 heavy (non-hydrogen) atoms. The molecule has 0 radical (unpaired) electrons. The number of alkyl halides is 1. The van der Waals surface area contributed by atoms with Gasteiger partial charge in [0.05, 0.1) is 137 Å². The molecule has 0 spiro atoms. The average molecular weight is 734 g/mol. The Labute approximate surface area is 268 Å². The zero-order chi connectivity index (χ0) is 30.9. The molecule has 0 heterocycles. The van der Waals surface area contributed by atoms with Crippen LogP contribution in [0.1, 0.15) is 0 Å². The number of benzene rings is 1. The van der Waals surface area contributed by atoms with E-state index in [9.17, 15) is 10.1 Å². The first kappa shape index (κ1) is 39.8. The van der Waals surface area contributed by atoms with Gasteiger partial charge >= 0.3 is 0 Å². The van der Waals surface area contributed by atoms with Gasteiger partial charge in [-0.05, 0) is 12.1 Å². The SMILES string of the molecule is O=[N+]([O-])c1ccc(OCCOCCOCCOCCOCCOCCOCCOCCOCCOCCOCCI)cc1. The minimum Gasteiger partial charge on any atom is -0.491 e. The van der Waals surface area contributed by atoms with Gasteiger partial charge < -0.3 is 52.1 Å². The second kappa shape index (κ2) is 32.2. The lowest BCUT2D eigenvalue weighted by molar-refractivity contribution is -0.384. The van der Waals surface area contributed by atoms with Gasteiger partial charge in [-0.1, -0.05) is 22.6 Å². The van der Waals surface area contributed by atoms with Crippen LogP contribution in [0.5, 0.6) is 5.75 Å². The fraction of sp³-hybridized carbons (Fsp3) is 0.786. The molecule has 0 N–H and O–H groups in total. The third-order valence-corrected chi connectivity index (χ3v) is 5.55. The first-order valence-corrected chi connectivity index (χ1v) is 16.0. The van der Waals surface area contributed by atoms with Crippen molar-refractivity contribution < 1.29 is 57.0 Å². The Morgan fingerprint density at radius 3 is 0.953 bits per heavy atom. The zero-order valence-electron chi connectivity index (χ0n) is 25.0. The van der Waals surface area contributed by atoms with Crippen molar-refractivity contribution in [3.05, 3.63) is 34.4 Å². The lowest BCUT2D eigenvalue weighted by Gasteiger charge is -2.09. The summed E-state index contributed by atoms with van der Waals surface area (Å²) < 4.78 is 60.7. The van der Waals surface area contributed by atoms with Crippen molar-refractivity contribution in [2.24, 2.45) is 0 Å². The molecule has 0 aliphatic rings. The number of rotatable bonds is 34. The van der Waals surface area contributed by atoms with Crippen LogP contribution in [0, 0.1) is 10.1 Å². The summed E-state index contributed by atoms with van der Waals surface area (Å²) in [6.07, 6.45) is 0.